The predicted octanol–water partition coefficient (Wildman–Crippen LogP) is 3.25. The van der Waals surface area contributed by atoms with Crippen LogP contribution in [0.1, 0.15) is 5.56 Å². The molecule has 0 N–H and O–H groups in total. The lowest BCUT2D eigenvalue weighted by Crippen LogP contribution is -1.92. The molecule has 0 amide bonds. The normalized spacial score (nSPS) is 10.7. The van der Waals surface area contributed by atoms with Crippen LogP contribution in [0.5, 0.6) is 5.75 Å². The second-order valence-electron chi connectivity index (χ2n) is 3.10. The number of nitrogens with zero attached hydrogens (tertiary/aromatic N) is 2. The SMILES string of the molecule is COc1cc(C)c(Cl)c2ncnc(Cl)c12. The van der Waals surface area contributed by atoms with Crippen molar-refractivity contribution in [3.05, 3.63) is 28.1 Å². The molecule has 0 fully saturated rings. The molecular weight excluding hydrogens is 235 g/mol. The van der Waals surface area contributed by atoms with Gasteiger partial charge < -0.3 is 4.74 Å². The van der Waals surface area contributed by atoms with Crippen LogP contribution >= 0.6 is 23.2 Å². The second kappa shape index (κ2) is 3.83. The summed E-state index contributed by atoms with van der Waals surface area (Å²) in [7, 11) is 1.57. The number of hydrogen-bond donors (Lipinski definition) is 0. The smallest absolute Gasteiger partial charge is 0.144 e. The van der Waals surface area contributed by atoms with Crippen LogP contribution in [-0.4, -0.2) is 17.1 Å². The quantitative estimate of drug-likeness (QED) is 0.721. The van der Waals surface area contributed by atoms with Crippen LogP contribution in [0.15, 0.2) is 12.4 Å². The number of benzene rings is 1. The highest BCUT2D eigenvalue weighted by Crippen LogP contribution is 2.35. The van der Waals surface area contributed by atoms with E-state index in [4.69, 9.17) is 27.9 Å². The van der Waals surface area contributed by atoms with E-state index in [9.17, 15) is 0 Å². The zero-order chi connectivity index (χ0) is 11.0. The molecule has 0 unspecified atom stereocenters. The van der Waals surface area contributed by atoms with Gasteiger partial charge in [0.2, 0.25) is 0 Å². The number of methoxy groups -OCH3 is 1. The van der Waals surface area contributed by atoms with Crippen molar-refractivity contribution in [3.63, 3.8) is 0 Å². The van der Waals surface area contributed by atoms with E-state index in [1.165, 1.54) is 6.33 Å². The molecule has 3 nitrogen and oxygen atoms in total. The van der Waals surface area contributed by atoms with E-state index in [0.29, 0.717) is 26.8 Å². The van der Waals surface area contributed by atoms with Gasteiger partial charge in [0, 0.05) is 0 Å². The third-order valence-corrected chi connectivity index (χ3v) is 2.93. The molecule has 1 heterocycles. The van der Waals surface area contributed by atoms with E-state index in [2.05, 4.69) is 9.97 Å². The van der Waals surface area contributed by atoms with Gasteiger partial charge in [-0.15, -0.1) is 0 Å². The summed E-state index contributed by atoms with van der Waals surface area (Å²) < 4.78 is 5.22. The van der Waals surface area contributed by atoms with Crippen molar-refractivity contribution in [1.82, 2.24) is 9.97 Å². The molecule has 0 atom stereocenters. The molecule has 0 spiro atoms. The molecule has 0 bridgehead atoms. The van der Waals surface area contributed by atoms with Gasteiger partial charge in [0.15, 0.2) is 0 Å². The fourth-order valence-corrected chi connectivity index (χ4v) is 1.85. The molecule has 15 heavy (non-hydrogen) atoms. The Morgan fingerprint density at radius 3 is 2.67 bits per heavy atom. The van der Waals surface area contributed by atoms with Crippen LogP contribution in [-0.2, 0) is 0 Å². The van der Waals surface area contributed by atoms with Crippen LogP contribution < -0.4 is 4.74 Å². The van der Waals surface area contributed by atoms with Gasteiger partial charge in [-0.3, -0.25) is 0 Å². The maximum Gasteiger partial charge on any atom is 0.144 e. The van der Waals surface area contributed by atoms with Crippen molar-refractivity contribution in [2.24, 2.45) is 0 Å². The molecular formula is C10H8Cl2N2O. The number of halogens is 2. The Morgan fingerprint density at radius 2 is 2.00 bits per heavy atom. The largest absolute Gasteiger partial charge is 0.496 e. The highest BCUT2D eigenvalue weighted by molar-refractivity contribution is 6.39. The molecule has 0 saturated heterocycles. The number of aryl methyl sites for hydroxylation is 1. The molecule has 78 valence electrons. The third-order valence-electron chi connectivity index (χ3n) is 2.17. The average molecular weight is 243 g/mol. The first-order valence-electron chi connectivity index (χ1n) is 4.28. The number of aromatic nitrogens is 2. The lowest BCUT2D eigenvalue weighted by Gasteiger charge is -2.09. The Bertz CT molecular complexity index is 528. The Balaban J connectivity index is 2.96. The van der Waals surface area contributed by atoms with E-state index in [-0.39, 0.29) is 0 Å². The highest BCUT2D eigenvalue weighted by Gasteiger charge is 2.13. The van der Waals surface area contributed by atoms with Crippen LogP contribution in [0.25, 0.3) is 10.9 Å². The second-order valence-corrected chi connectivity index (χ2v) is 3.83. The number of ether oxygens (including phenoxy) is 1. The Labute approximate surface area is 97.0 Å². The minimum Gasteiger partial charge on any atom is -0.496 e. The van der Waals surface area contributed by atoms with E-state index >= 15 is 0 Å². The summed E-state index contributed by atoms with van der Waals surface area (Å²) in [4.78, 5) is 8.01. The number of rotatable bonds is 1. The van der Waals surface area contributed by atoms with E-state index in [1.54, 1.807) is 7.11 Å². The summed E-state index contributed by atoms with van der Waals surface area (Å²) in [5.41, 5.74) is 1.52. The van der Waals surface area contributed by atoms with Crippen LogP contribution in [0.3, 0.4) is 0 Å². The first-order chi connectivity index (χ1) is 7.15. The van der Waals surface area contributed by atoms with Crippen molar-refractivity contribution >= 4 is 34.1 Å². The molecule has 1 aromatic carbocycles. The molecule has 0 saturated carbocycles. The molecule has 0 aliphatic rings. The summed E-state index contributed by atoms with van der Waals surface area (Å²) in [6.07, 6.45) is 1.38. The highest BCUT2D eigenvalue weighted by atomic mass is 35.5. The van der Waals surface area contributed by atoms with Gasteiger partial charge in [-0.05, 0) is 18.6 Å². The van der Waals surface area contributed by atoms with Gasteiger partial charge in [-0.25, -0.2) is 9.97 Å². The van der Waals surface area contributed by atoms with Crippen LogP contribution in [0.4, 0.5) is 0 Å². The molecule has 0 aliphatic heterocycles. The molecule has 0 aliphatic carbocycles. The first-order valence-corrected chi connectivity index (χ1v) is 5.04. The molecule has 2 aromatic rings. The zero-order valence-electron chi connectivity index (χ0n) is 8.21. The summed E-state index contributed by atoms with van der Waals surface area (Å²) in [6, 6.07) is 1.82. The zero-order valence-corrected chi connectivity index (χ0v) is 9.73. The van der Waals surface area contributed by atoms with Crippen molar-refractivity contribution in [1.29, 1.82) is 0 Å². The van der Waals surface area contributed by atoms with Crippen molar-refractivity contribution in [2.75, 3.05) is 7.11 Å². The third kappa shape index (κ3) is 1.62. The van der Waals surface area contributed by atoms with Gasteiger partial charge in [0.05, 0.1) is 23.0 Å². The van der Waals surface area contributed by atoms with E-state index < -0.39 is 0 Å². The first kappa shape index (κ1) is 10.5. The van der Waals surface area contributed by atoms with Gasteiger partial charge in [0.25, 0.3) is 0 Å². The lowest BCUT2D eigenvalue weighted by molar-refractivity contribution is 0.419. The summed E-state index contributed by atoms with van der Waals surface area (Å²) in [6.45, 7) is 1.89. The summed E-state index contributed by atoms with van der Waals surface area (Å²) in [5, 5.41) is 1.58. The van der Waals surface area contributed by atoms with Crippen molar-refractivity contribution in [2.45, 2.75) is 6.92 Å². The molecule has 1 aromatic heterocycles. The fourth-order valence-electron chi connectivity index (χ4n) is 1.43. The van der Waals surface area contributed by atoms with Gasteiger partial charge >= 0.3 is 0 Å². The maximum atomic E-state index is 6.12. The fraction of sp³-hybridized carbons (Fsp3) is 0.200. The maximum absolute atomic E-state index is 6.12. The molecule has 0 radical (unpaired) electrons. The number of hydrogen-bond acceptors (Lipinski definition) is 3. The monoisotopic (exact) mass is 242 g/mol. The van der Waals surface area contributed by atoms with Crippen molar-refractivity contribution in [3.8, 4) is 5.75 Å². The minimum absolute atomic E-state index is 0.346. The van der Waals surface area contributed by atoms with Crippen LogP contribution in [0.2, 0.25) is 10.2 Å². The predicted molar refractivity (Wildman–Crippen MR) is 60.8 cm³/mol. The topological polar surface area (TPSA) is 35.0 Å². The summed E-state index contributed by atoms with van der Waals surface area (Å²) in [5.74, 6) is 0.637. The number of fused-ring (bicyclic) bond motifs is 1. The van der Waals surface area contributed by atoms with E-state index in [0.717, 1.165) is 5.56 Å². The minimum atomic E-state index is 0.346. The Kier molecular flexibility index (Phi) is 2.67. The lowest BCUT2D eigenvalue weighted by atomic mass is 10.1. The standard InChI is InChI=1S/C10H8Cl2N2O/c1-5-3-6(15-2)7-9(8(5)11)13-4-14-10(7)12/h3-4H,1-2H3. The Morgan fingerprint density at radius 1 is 1.27 bits per heavy atom. The van der Waals surface area contributed by atoms with Gasteiger partial charge in [-0.2, -0.15) is 0 Å². The average Bonchev–Trinajstić information content (AvgIpc) is 2.23. The van der Waals surface area contributed by atoms with Gasteiger partial charge in [0.1, 0.15) is 17.2 Å². The summed E-state index contributed by atoms with van der Waals surface area (Å²) >= 11 is 12.1. The molecule has 5 heteroatoms. The molecule has 2 rings (SSSR count). The van der Waals surface area contributed by atoms with Crippen LogP contribution in [0, 0.1) is 6.92 Å². The van der Waals surface area contributed by atoms with E-state index in [1.807, 2.05) is 13.0 Å². The Hall–Kier alpha value is -1.06. The van der Waals surface area contributed by atoms with Gasteiger partial charge in [-0.1, -0.05) is 23.2 Å². The van der Waals surface area contributed by atoms with Crippen molar-refractivity contribution < 1.29 is 4.74 Å².